The Labute approximate surface area is 175 Å². The van der Waals surface area contributed by atoms with Crippen LogP contribution in [0, 0.1) is 0 Å². The van der Waals surface area contributed by atoms with Gasteiger partial charge in [-0.25, -0.2) is 5.43 Å². The van der Waals surface area contributed by atoms with E-state index < -0.39 is 0 Å². The first-order valence-electron chi connectivity index (χ1n) is 9.90. The van der Waals surface area contributed by atoms with Gasteiger partial charge in [0.1, 0.15) is 5.75 Å². The molecule has 3 aromatic carbocycles. The van der Waals surface area contributed by atoms with Crippen LogP contribution in [0.5, 0.6) is 5.75 Å². The number of amides is 1. The maximum atomic E-state index is 12.0. The topological polar surface area (TPSA) is 67.7 Å². The Morgan fingerprint density at radius 3 is 2.57 bits per heavy atom. The molecule has 4 rings (SSSR count). The Bertz CT molecular complexity index is 1210. The first kappa shape index (κ1) is 19.5. The molecule has 0 bridgehead atoms. The maximum absolute atomic E-state index is 12.0. The van der Waals surface area contributed by atoms with Crippen LogP contribution in [0.15, 0.2) is 71.8 Å². The minimum atomic E-state index is -0.217. The first-order valence-corrected chi connectivity index (χ1v) is 9.90. The molecule has 0 saturated carbocycles. The highest BCUT2D eigenvalue weighted by Gasteiger charge is 2.09. The van der Waals surface area contributed by atoms with E-state index in [0.29, 0.717) is 0 Å². The summed E-state index contributed by atoms with van der Waals surface area (Å²) < 4.78 is 7.42. The van der Waals surface area contributed by atoms with Crippen molar-refractivity contribution >= 4 is 39.6 Å². The SMILES string of the molecule is CCn1c2ccccc2c2cc(C=NNC(=O)CNc3ccc(OC)cc3)ccc21. The van der Waals surface area contributed by atoms with Crippen molar-refractivity contribution < 1.29 is 9.53 Å². The molecule has 0 unspecified atom stereocenters. The zero-order valence-electron chi connectivity index (χ0n) is 17.1. The average molecular weight is 400 g/mol. The zero-order chi connectivity index (χ0) is 20.9. The molecule has 152 valence electrons. The number of nitrogens with zero attached hydrogens (tertiary/aromatic N) is 2. The third kappa shape index (κ3) is 3.98. The smallest absolute Gasteiger partial charge is 0.259 e. The van der Waals surface area contributed by atoms with Gasteiger partial charge in [-0.15, -0.1) is 0 Å². The Morgan fingerprint density at radius 1 is 1.03 bits per heavy atom. The second kappa shape index (κ2) is 8.69. The molecule has 1 amide bonds. The number of fused-ring (bicyclic) bond motifs is 3. The monoisotopic (exact) mass is 400 g/mol. The van der Waals surface area contributed by atoms with Gasteiger partial charge < -0.3 is 14.6 Å². The Hall–Kier alpha value is -3.80. The number of hydrogen-bond donors (Lipinski definition) is 2. The standard InChI is InChI=1S/C24H24N4O2/c1-3-28-22-7-5-4-6-20(22)21-14-17(8-13-23(21)28)15-26-27-24(29)16-25-18-9-11-19(30-2)12-10-18/h4-15,25H,3,16H2,1-2H3,(H,27,29). The summed E-state index contributed by atoms with van der Waals surface area (Å²) in [4.78, 5) is 12.0. The summed E-state index contributed by atoms with van der Waals surface area (Å²) in [6, 6.07) is 22.0. The molecule has 1 heterocycles. The Morgan fingerprint density at radius 2 is 1.80 bits per heavy atom. The van der Waals surface area contributed by atoms with Crippen molar-refractivity contribution in [2.24, 2.45) is 5.10 Å². The molecule has 6 nitrogen and oxygen atoms in total. The number of hydrogen-bond acceptors (Lipinski definition) is 4. The molecule has 0 aliphatic carbocycles. The molecule has 1 aromatic heterocycles. The number of aromatic nitrogens is 1. The van der Waals surface area contributed by atoms with Gasteiger partial charge in [0.15, 0.2) is 0 Å². The van der Waals surface area contributed by atoms with Crippen LogP contribution >= 0.6 is 0 Å². The van der Waals surface area contributed by atoms with Gasteiger partial charge in [0.05, 0.1) is 19.9 Å². The van der Waals surface area contributed by atoms with Crippen molar-refractivity contribution in [3.05, 3.63) is 72.3 Å². The summed E-state index contributed by atoms with van der Waals surface area (Å²) >= 11 is 0. The van der Waals surface area contributed by atoms with Gasteiger partial charge in [0, 0.05) is 34.0 Å². The fourth-order valence-corrected chi connectivity index (χ4v) is 3.60. The van der Waals surface area contributed by atoms with Crippen LogP contribution in [-0.2, 0) is 11.3 Å². The van der Waals surface area contributed by atoms with Gasteiger partial charge in [-0.3, -0.25) is 4.79 Å². The average Bonchev–Trinajstić information content (AvgIpc) is 3.11. The van der Waals surface area contributed by atoms with E-state index in [9.17, 15) is 4.79 Å². The summed E-state index contributed by atoms with van der Waals surface area (Å²) in [5.41, 5.74) is 6.76. The zero-order valence-corrected chi connectivity index (χ0v) is 17.1. The highest BCUT2D eigenvalue weighted by Crippen LogP contribution is 2.29. The van der Waals surface area contributed by atoms with E-state index >= 15 is 0 Å². The lowest BCUT2D eigenvalue weighted by Crippen LogP contribution is -2.25. The van der Waals surface area contributed by atoms with Crippen molar-refractivity contribution in [1.29, 1.82) is 0 Å². The van der Waals surface area contributed by atoms with Gasteiger partial charge in [0.25, 0.3) is 5.91 Å². The van der Waals surface area contributed by atoms with Crippen molar-refractivity contribution in [3.63, 3.8) is 0 Å². The lowest BCUT2D eigenvalue weighted by Gasteiger charge is -2.06. The molecular weight excluding hydrogens is 376 g/mol. The predicted molar refractivity (Wildman–Crippen MR) is 122 cm³/mol. The maximum Gasteiger partial charge on any atom is 0.259 e. The molecule has 0 spiro atoms. The number of aryl methyl sites for hydroxylation is 1. The minimum absolute atomic E-state index is 0.132. The number of benzene rings is 3. The first-order chi connectivity index (χ1) is 14.7. The molecule has 30 heavy (non-hydrogen) atoms. The number of hydrazone groups is 1. The summed E-state index contributed by atoms with van der Waals surface area (Å²) in [5.74, 6) is 0.555. The third-order valence-corrected chi connectivity index (χ3v) is 5.06. The lowest BCUT2D eigenvalue weighted by atomic mass is 10.1. The van der Waals surface area contributed by atoms with Gasteiger partial charge in [-0.2, -0.15) is 5.10 Å². The van der Waals surface area contributed by atoms with Crippen LogP contribution in [0.25, 0.3) is 21.8 Å². The van der Waals surface area contributed by atoms with Crippen molar-refractivity contribution in [3.8, 4) is 5.75 Å². The van der Waals surface area contributed by atoms with Crippen LogP contribution in [0.2, 0.25) is 0 Å². The molecule has 0 aliphatic heterocycles. The fourth-order valence-electron chi connectivity index (χ4n) is 3.60. The number of rotatable bonds is 7. The second-order valence-electron chi connectivity index (χ2n) is 6.91. The van der Waals surface area contributed by atoms with E-state index in [1.807, 2.05) is 30.3 Å². The van der Waals surface area contributed by atoms with E-state index in [4.69, 9.17) is 4.74 Å². The molecule has 0 saturated heterocycles. The fraction of sp³-hybridized carbons (Fsp3) is 0.167. The number of methoxy groups -OCH3 is 1. The molecule has 4 aromatic rings. The van der Waals surface area contributed by atoms with E-state index in [0.717, 1.165) is 23.5 Å². The number of ether oxygens (including phenoxy) is 1. The largest absolute Gasteiger partial charge is 0.497 e. The normalized spacial score (nSPS) is 11.3. The Kier molecular flexibility index (Phi) is 5.66. The number of carbonyl (C=O) groups excluding carboxylic acids is 1. The van der Waals surface area contributed by atoms with Gasteiger partial charge >= 0.3 is 0 Å². The predicted octanol–water partition coefficient (Wildman–Crippen LogP) is 4.39. The lowest BCUT2D eigenvalue weighted by molar-refractivity contribution is -0.119. The van der Waals surface area contributed by atoms with E-state index in [-0.39, 0.29) is 12.5 Å². The van der Waals surface area contributed by atoms with Crippen LogP contribution < -0.4 is 15.5 Å². The molecule has 0 aliphatic rings. The highest BCUT2D eigenvalue weighted by atomic mass is 16.5. The van der Waals surface area contributed by atoms with Crippen molar-refractivity contribution in [2.45, 2.75) is 13.5 Å². The molecule has 2 N–H and O–H groups in total. The van der Waals surface area contributed by atoms with Crippen LogP contribution in [0.3, 0.4) is 0 Å². The second-order valence-corrected chi connectivity index (χ2v) is 6.91. The summed E-state index contributed by atoms with van der Waals surface area (Å²) in [6.07, 6.45) is 1.67. The summed E-state index contributed by atoms with van der Waals surface area (Å²) in [7, 11) is 1.62. The third-order valence-electron chi connectivity index (χ3n) is 5.06. The van der Waals surface area contributed by atoms with Crippen LogP contribution in [-0.4, -0.2) is 30.3 Å². The van der Waals surface area contributed by atoms with E-state index in [1.54, 1.807) is 13.3 Å². The molecule has 0 atom stereocenters. The number of para-hydroxylation sites is 1. The molecular formula is C24H24N4O2. The van der Waals surface area contributed by atoms with E-state index in [1.165, 1.54) is 21.8 Å². The molecule has 6 heteroatoms. The number of carbonyl (C=O) groups is 1. The number of anilines is 1. The van der Waals surface area contributed by atoms with Crippen LogP contribution in [0.1, 0.15) is 12.5 Å². The van der Waals surface area contributed by atoms with Crippen molar-refractivity contribution in [1.82, 2.24) is 9.99 Å². The quantitative estimate of drug-likeness (QED) is 0.357. The highest BCUT2D eigenvalue weighted by molar-refractivity contribution is 6.09. The van der Waals surface area contributed by atoms with Gasteiger partial charge in [-0.1, -0.05) is 24.3 Å². The number of nitrogens with one attached hydrogen (secondary N) is 2. The van der Waals surface area contributed by atoms with Crippen molar-refractivity contribution in [2.75, 3.05) is 19.0 Å². The molecule has 0 fully saturated rings. The molecule has 0 radical (unpaired) electrons. The minimum Gasteiger partial charge on any atom is -0.497 e. The Balaban J connectivity index is 1.42. The summed E-state index contributed by atoms with van der Waals surface area (Å²) in [5, 5.41) is 9.56. The van der Waals surface area contributed by atoms with Gasteiger partial charge in [-0.05, 0) is 55.0 Å². The summed E-state index contributed by atoms with van der Waals surface area (Å²) in [6.45, 7) is 3.19. The van der Waals surface area contributed by atoms with Gasteiger partial charge in [0.2, 0.25) is 0 Å². The van der Waals surface area contributed by atoms with E-state index in [2.05, 4.69) is 63.7 Å². The van der Waals surface area contributed by atoms with Crippen LogP contribution in [0.4, 0.5) is 5.69 Å².